The number of nitrogens with zero attached hydrogens (tertiary/aromatic N) is 2. The molecular weight excluding hydrogens is 240 g/mol. The number of hydrazine groups is 1. The summed E-state index contributed by atoms with van der Waals surface area (Å²) in [6.07, 6.45) is 2.55. The van der Waals surface area contributed by atoms with E-state index in [1.54, 1.807) is 0 Å². The van der Waals surface area contributed by atoms with Gasteiger partial charge in [-0.15, -0.1) is 0 Å². The van der Waals surface area contributed by atoms with Crippen molar-refractivity contribution in [3.05, 3.63) is 29.8 Å². The maximum atomic E-state index is 10.9. The minimum absolute atomic E-state index is 0.614. The van der Waals surface area contributed by atoms with Crippen LogP contribution in [0.25, 0.3) is 0 Å². The van der Waals surface area contributed by atoms with Gasteiger partial charge in [0, 0.05) is 6.54 Å². The zero-order valence-corrected chi connectivity index (χ0v) is 11.4. The molecule has 1 aliphatic rings. The van der Waals surface area contributed by atoms with Crippen LogP contribution in [0.5, 0.6) is 0 Å². The highest BCUT2D eigenvalue weighted by atomic mass is 16.2. The fourth-order valence-electron chi connectivity index (χ4n) is 2.37. The van der Waals surface area contributed by atoms with Gasteiger partial charge in [0.05, 0.1) is 5.69 Å². The fourth-order valence-corrected chi connectivity index (χ4v) is 2.37. The van der Waals surface area contributed by atoms with Crippen LogP contribution in [-0.4, -0.2) is 24.0 Å². The molecule has 0 saturated carbocycles. The van der Waals surface area contributed by atoms with Crippen LogP contribution in [0, 0.1) is 5.92 Å². The third-order valence-corrected chi connectivity index (χ3v) is 3.73. The second kappa shape index (κ2) is 6.04. The molecule has 0 aliphatic carbocycles. The van der Waals surface area contributed by atoms with Crippen molar-refractivity contribution in [2.45, 2.75) is 26.3 Å². The molecule has 0 unspecified atom stereocenters. The van der Waals surface area contributed by atoms with Crippen LogP contribution in [-0.2, 0) is 6.54 Å². The van der Waals surface area contributed by atoms with E-state index < -0.39 is 6.03 Å². The van der Waals surface area contributed by atoms with E-state index in [1.165, 1.54) is 18.4 Å². The molecule has 0 bridgehead atoms. The number of primary amides is 1. The normalized spacial score (nSPS) is 17.4. The number of rotatable bonds is 3. The third kappa shape index (κ3) is 3.68. The number of amides is 2. The van der Waals surface area contributed by atoms with Gasteiger partial charge in [-0.05, 0) is 49.5 Å². The van der Waals surface area contributed by atoms with Crippen molar-refractivity contribution in [2.24, 2.45) is 17.5 Å². The van der Waals surface area contributed by atoms with Gasteiger partial charge in [-0.1, -0.05) is 19.1 Å². The number of hydrogen-bond donors (Lipinski definition) is 2. The van der Waals surface area contributed by atoms with Crippen LogP contribution >= 0.6 is 0 Å². The lowest BCUT2D eigenvalue weighted by Crippen LogP contribution is -2.41. The first-order chi connectivity index (χ1) is 9.06. The van der Waals surface area contributed by atoms with Crippen LogP contribution in [0.1, 0.15) is 25.3 Å². The van der Waals surface area contributed by atoms with Gasteiger partial charge in [-0.3, -0.25) is 4.90 Å². The Morgan fingerprint density at radius 1 is 1.32 bits per heavy atom. The molecule has 1 fully saturated rings. The Bertz CT molecular complexity index is 424. The van der Waals surface area contributed by atoms with Gasteiger partial charge in [0.25, 0.3) is 0 Å². The molecule has 19 heavy (non-hydrogen) atoms. The summed E-state index contributed by atoms with van der Waals surface area (Å²) >= 11 is 0. The van der Waals surface area contributed by atoms with Gasteiger partial charge in [-0.2, -0.15) is 0 Å². The molecule has 2 rings (SSSR count). The number of carbonyl (C=O) groups excluding carboxylic acids is 1. The summed E-state index contributed by atoms with van der Waals surface area (Å²) in [4.78, 5) is 13.4. The molecule has 0 atom stereocenters. The average molecular weight is 262 g/mol. The molecule has 5 heteroatoms. The van der Waals surface area contributed by atoms with Gasteiger partial charge >= 0.3 is 6.03 Å². The topological polar surface area (TPSA) is 75.6 Å². The Morgan fingerprint density at radius 3 is 2.42 bits per heavy atom. The largest absolute Gasteiger partial charge is 0.350 e. The maximum absolute atomic E-state index is 10.9. The van der Waals surface area contributed by atoms with Crippen molar-refractivity contribution >= 4 is 11.7 Å². The first-order valence-corrected chi connectivity index (χ1v) is 6.72. The van der Waals surface area contributed by atoms with Crippen molar-refractivity contribution in [3.8, 4) is 0 Å². The Balaban J connectivity index is 1.93. The van der Waals surface area contributed by atoms with E-state index in [2.05, 4.69) is 11.8 Å². The van der Waals surface area contributed by atoms with Crippen LogP contribution in [0.2, 0.25) is 0 Å². The molecule has 4 N–H and O–H groups in total. The van der Waals surface area contributed by atoms with Gasteiger partial charge in [0.2, 0.25) is 0 Å². The number of benzene rings is 1. The molecule has 2 amide bonds. The molecule has 5 nitrogen and oxygen atoms in total. The lowest BCUT2D eigenvalue weighted by atomic mass is 9.99. The summed E-state index contributed by atoms with van der Waals surface area (Å²) in [5.74, 6) is 6.38. The zero-order valence-electron chi connectivity index (χ0n) is 11.4. The monoisotopic (exact) mass is 262 g/mol. The first kappa shape index (κ1) is 13.8. The smallest absolute Gasteiger partial charge is 0.333 e. The third-order valence-electron chi connectivity index (χ3n) is 3.73. The minimum Gasteiger partial charge on any atom is -0.350 e. The SMILES string of the molecule is CC1CCN(Cc2ccc(N(N)C(N)=O)cc2)CC1. The summed E-state index contributed by atoms with van der Waals surface area (Å²) in [6, 6.07) is 6.99. The van der Waals surface area contributed by atoms with Crippen molar-refractivity contribution in [1.82, 2.24) is 4.90 Å². The summed E-state index contributed by atoms with van der Waals surface area (Å²) < 4.78 is 0. The number of urea groups is 1. The van der Waals surface area contributed by atoms with Crippen LogP contribution in [0.4, 0.5) is 10.5 Å². The van der Waals surface area contributed by atoms with E-state index in [0.717, 1.165) is 30.6 Å². The van der Waals surface area contributed by atoms with E-state index in [1.807, 2.05) is 24.3 Å². The molecular formula is C14H22N4O. The lowest BCUT2D eigenvalue weighted by molar-refractivity contribution is 0.185. The number of piperidine rings is 1. The van der Waals surface area contributed by atoms with Gasteiger partial charge in [-0.25, -0.2) is 15.6 Å². The van der Waals surface area contributed by atoms with Gasteiger partial charge in [0.1, 0.15) is 0 Å². The van der Waals surface area contributed by atoms with E-state index in [-0.39, 0.29) is 0 Å². The lowest BCUT2D eigenvalue weighted by Gasteiger charge is -2.30. The Morgan fingerprint density at radius 2 is 1.89 bits per heavy atom. The molecule has 0 radical (unpaired) electrons. The molecule has 1 aromatic rings. The first-order valence-electron chi connectivity index (χ1n) is 6.72. The minimum atomic E-state index is -0.655. The molecule has 1 aromatic carbocycles. The number of likely N-dealkylation sites (tertiary alicyclic amines) is 1. The van der Waals surface area contributed by atoms with E-state index in [0.29, 0.717) is 5.69 Å². The van der Waals surface area contributed by atoms with E-state index >= 15 is 0 Å². The maximum Gasteiger partial charge on any atom is 0.333 e. The highest BCUT2D eigenvalue weighted by Crippen LogP contribution is 2.19. The predicted molar refractivity (Wildman–Crippen MR) is 76.4 cm³/mol. The van der Waals surface area contributed by atoms with Crippen LogP contribution < -0.4 is 16.6 Å². The molecule has 104 valence electrons. The second-order valence-corrected chi connectivity index (χ2v) is 5.33. The molecule has 1 saturated heterocycles. The number of nitrogens with two attached hydrogens (primary N) is 2. The second-order valence-electron chi connectivity index (χ2n) is 5.33. The van der Waals surface area contributed by atoms with Crippen molar-refractivity contribution < 1.29 is 4.79 Å². The average Bonchev–Trinajstić information content (AvgIpc) is 2.41. The van der Waals surface area contributed by atoms with Gasteiger partial charge in [0.15, 0.2) is 0 Å². The Labute approximate surface area is 114 Å². The summed E-state index contributed by atoms with van der Waals surface area (Å²) in [5.41, 5.74) is 6.97. The summed E-state index contributed by atoms with van der Waals surface area (Å²) in [6.45, 7) is 5.58. The Kier molecular flexibility index (Phi) is 4.39. The number of carbonyl (C=O) groups is 1. The van der Waals surface area contributed by atoms with E-state index in [4.69, 9.17) is 11.6 Å². The zero-order chi connectivity index (χ0) is 13.8. The van der Waals surface area contributed by atoms with Gasteiger partial charge < -0.3 is 5.73 Å². The van der Waals surface area contributed by atoms with Crippen molar-refractivity contribution in [1.29, 1.82) is 0 Å². The number of hydrogen-bond acceptors (Lipinski definition) is 3. The van der Waals surface area contributed by atoms with E-state index in [9.17, 15) is 4.79 Å². The fraction of sp³-hybridized carbons (Fsp3) is 0.500. The Hall–Kier alpha value is -1.59. The molecule has 1 aliphatic heterocycles. The summed E-state index contributed by atoms with van der Waals surface area (Å²) in [7, 11) is 0. The molecule has 0 spiro atoms. The van der Waals surface area contributed by atoms with Crippen LogP contribution in [0.3, 0.4) is 0 Å². The summed E-state index contributed by atoms with van der Waals surface area (Å²) in [5, 5.41) is 0.951. The van der Waals surface area contributed by atoms with Crippen LogP contribution in [0.15, 0.2) is 24.3 Å². The molecule has 1 heterocycles. The quantitative estimate of drug-likeness (QED) is 0.494. The predicted octanol–water partition coefficient (Wildman–Crippen LogP) is 1.68. The van der Waals surface area contributed by atoms with Crippen molar-refractivity contribution in [3.63, 3.8) is 0 Å². The number of anilines is 1. The highest BCUT2D eigenvalue weighted by Gasteiger charge is 2.15. The molecule has 0 aromatic heterocycles. The van der Waals surface area contributed by atoms with Crippen molar-refractivity contribution in [2.75, 3.05) is 18.1 Å². The standard InChI is InChI=1S/C14H22N4O/c1-11-6-8-17(9-7-11)10-12-2-4-13(5-3-12)18(16)14(15)19/h2-5,11H,6-10,16H2,1H3,(H2,15,19). The highest BCUT2D eigenvalue weighted by molar-refractivity contribution is 5.89.